The fourth-order valence-corrected chi connectivity index (χ4v) is 2.14. The van der Waals surface area contributed by atoms with Crippen LogP contribution in [0.1, 0.15) is 37.6 Å². The maximum absolute atomic E-state index is 11.7. The molecule has 0 radical (unpaired) electrons. The first-order valence-electron chi connectivity index (χ1n) is 6.26. The summed E-state index contributed by atoms with van der Waals surface area (Å²) in [6.07, 6.45) is 1.60. The van der Waals surface area contributed by atoms with Gasteiger partial charge in [-0.2, -0.15) is 0 Å². The zero-order valence-corrected chi connectivity index (χ0v) is 11.0. The summed E-state index contributed by atoms with van der Waals surface area (Å²) in [6.45, 7) is 4.04. The van der Waals surface area contributed by atoms with Gasteiger partial charge in [0.05, 0.1) is 24.1 Å². The summed E-state index contributed by atoms with van der Waals surface area (Å²) in [5, 5.41) is 0. The molecule has 0 aliphatic heterocycles. The summed E-state index contributed by atoms with van der Waals surface area (Å²) < 4.78 is 4.83. The number of methoxy groups -OCH3 is 1. The average molecular weight is 246 g/mol. The van der Waals surface area contributed by atoms with Gasteiger partial charge in [-0.25, -0.2) is 4.98 Å². The number of carbonyl (C=O) groups excluding carboxylic acids is 1. The molecule has 0 saturated heterocycles. The van der Waals surface area contributed by atoms with E-state index in [1.165, 1.54) is 7.11 Å². The van der Waals surface area contributed by atoms with E-state index in [0.29, 0.717) is 0 Å². The first-order valence-corrected chi connectivity index (χ1v) is 6.26. The molecule has 0 aliphatic rings. The van der Waals surface area contributed by atoms with Crippen LogP contribution in [0.25, 0.3) is 11.0 Å². The Bertz CT molecular complexity index is 560. The SMILES string of the molecule is CCc1nc2ccc(C(CC)C(=O)OC)cc2[nH]1. The molecule has 1 N–H and O–H groups in total. The van der Waals surface area contributed by atoms with Crippen molar-refractivity contribution < 1.29 is 9.53 Å². The highest BCUT2D eigenvalue weighted by Crippen LogP contribution is 2.24. The second-order valence-electron chi connectivity index (χ2n) is 4.30. The van der Waals surface area contributed by atoms with Gasteiger partial charge in [-0.1, -0.05) is 19.9 Å². The monoisotopic (exact) mass is 246 g/mol. The molecular weight excluding hydrogens is 228 g/mol. The number of aromatic nitrogens is 2. The van der Waals surface area contributed by atoms with Crippen LogP contribution in [0.4, 0.5) is 0 Å². The number of aromatic amines is 1. The smallest absolute Gasteiger partial charge is 0.313 e. The minimum atomic E-state index is -0.201. The maximum atomic E-state index is 11.7. The maximum Gasteiger partial charge on any atom is 0.313 e. The van der Waals surface area contributed by atoms with Crippen molar-refractivity contribution in [2.45, 2.75) is 32.6 Å². The Hall–Kier alpha value is -1.84. The molecule has 1 heterocycles. The molecule has 0 spiro atoms. The number of benzene rings is 1. The van der Waals surface area contributed by atoms with Crippen molar-refractivity contribution in [1.82, 2.24) is 9.97 Å². The molecule has 1 unspecified atom stereocenters. The molecule has 1 atom stereocenters. The molecule has 2 aromatic rings. The summed E-state index contributed by atoms with van der Waals surface area (Å²) >= 11 is 0. The minimum absolute atomic E-state index is 0.188. The molecule has 96 valence electrons. The number of rotatable bonds is 4. The third-order valence-electron chi connectivity index (χ3n) is 3.19. The predicted octanol–water partition coefficient (Wildman–Crippen LogP) is 2.79. The lowest BCUT2D eigenvalue weighted by Crippen LogP contribution is -2.13. The predicted molar refractivity (Wildman–Crippen MR) is 70.5 cm³/mol. The molecular formula is C14H18N2O2. The van der Waals surface area contributed by atoms with E-state index in [9.17, 15) is 4.79 Å². The van der Waals surface area contributed by atoms with Gasteiger partial charge in [0.15, 0.2) is 0 Å². The Morgan fingerprint density at radius 3 is 2.83 bits per heavy atom. The molecule has 2 rings (SSSR count). The Balaban J connectivity index is 2.41. The minimum Gasteiger partial charge on any atom is -0.469 e. The fourth-order valence-electron chi connectivity index (χ4n) is 2.14. The Kier molecular flexibility index (Phi) is 3.65. The molecule has 0 saturated carbocycles. The molecule has 1 aromatic heterocycles. The van der Waals surface area contributed by atoms with Gasteiger partial charge >= 0.3 is 5.97 Å². The van der Waals surface area contributed by atoms with Crippen LogP contribution in [-0.4, -0.2) is 23.0 Å². The van der Waals surface area contributed by atoms with Crippen molar-refractivity contribution in [1.29, 1.82) is 0 Å². The number of hydrogen-bond acceptors (Lipinski definition) is 3. The van der Waals surface area contributed by atoms with E-state index < -0.39 is 0 Å². The van der Waals surface area contributed by atoms with Crippen LogP contribution in [0.3, 0.4) is 0 Å². The Labute approximate surface area is 106 Å². The summed E-state index contributed by atoms with van der Waals surface area (Å²) in [5.41, 5.74) is 2.89. The highest BCUT2D eigenvalue weighted by Gasteiger charge is 2.19. The third-order valence-corrected chi connectivity index (χ3v) is 3.19. The van der Waals surface area contributed by atoms with Crippen LogP contribution >= 0.6 is 0 Å². The van der Waals surface area contributed by atoms with Gasteiger partial charge in [-0.3, -0.25) is 4.79 Å². The van der Waals surface area contributed by atoms with E-state index in [0.717, 1.165) is 35.3 Å². The first-order chi connectivity index (χ1) is 8.69. The van der Waals surface area contributed by atoms with Gasteiger partial charge in [0.25, 0.3) is 0 Å². The Morgan fingerprint density at radius 1 is 1.44 bits per heavy atom. The molecule has 0 aliphatic carbocycles. The highest BCUT2D eigenvalue weighted by molar-refractivity contribution is 5.82. The van der Waals surface area contributed by atoms with E-state index in [1.807, 2.05) is 25.1 Å². The number of nitrogens with one attached hydrogen (secondary N) is 1. The van der Waals surface area contributed by atoms with Crippen LogP contribution < -0.4 is 0 Å². The quantitative estimate of drug-likeness (QED) is 0.844. The molecule has 0 amide bonds. The topological polar surface area (TPSA) is 55.0 Å². The van der Waals surface area contributed by atoms with Crippen molar-refractivity contribution in [3.05, 3.63) is 29.6 Å². The average Bonchev–Trinajstić information content (AvgIpc) is 2.81. The molecule has 18 heavy (non-hydrogen) atoms. The lowest BCUT2D eigenvalue weighted by molar-refractivity contribution is -0.142. The summed E-state index contributed by atoms with van der Waals surface area (Å²) in [4.78, 5) is 19.4. The van der Waals surface area contributed by atoms with E-state index in [4.69, 9.17) is 4.74 Å². The van der Waals surface area contributed by atoms with Crippen molar-refractivity contribution in [2.75, 3.05) is 7.11 Å². The lowest BCUT2D eigenvalue weighted by Gasteiger charge is -2.12. The second kappa shape index (κ2) is 5.21. The Morgan fingerprint density at radius 2 is 2.22 bits per heavy atom. The third kappa shape index (κ3) is 2.23. The van der Waals surface area contributed by atoms with Gasteiger partial charge in [0, 0.05) is 6.42 Å². The lowest BCUT2D eigenvalue weighted by atomic mass is 9.96. The number of fused-ring (bicyclic) bond motifs is 1. The van der Waals surface area contributed by atoms with Crippen molar-refractivity contribution in [3.63, 3.8) is 0 Å². The van der Waals surface area contributed by atoms with Crippen LogP contribution in [0.15, 0.2) is 18.2 Å². The van der Waals surface area contributed by atoms with Gasteiger partial charge in [-0.15, -0.1) is 0 Å². The van der Waals surface area contributed by atoms with Gasteiger partial charge in [0.2, 0.25) is 0 Å². The number of carbonyl (C=O) groups is 1. The van der Waals surface area contributed by atoms with Gasteiger partial charge in [0.1, 0.15) is 5.82 Å². The summed E-state index contributed by atoms with van der Waals surface area (Å²) in [7, 11) is 1.43. The summed E-state index contributed by atoms with van der Waals surface area (Å²) in [5.74, 6) is 0.577. The molecule has 4 heteroatoms. The molecule has 0 fully saturated rings. The number of nitrogens with zero attached hydrogens (tertiary/aromatic N) is 1. The standard InChI is InChI=1S/C14H18N2O2/c1-4-10(14(17)18-3)9-6-7-11-12(8-9)16-13(5-2)15-11/h6-8,10H,4-5H2,1-3H3,(H,15,16). The van der Waals surface area contributed by atoms with Crippen LogP contribution in [0.2, 0.25) is 0 Å². The first kappa shape index (κ1) is 12.6. The number of H-pyrrole nitrogens is 1. The van der Waals surface area contributed by atoms with Crippen LogP contribution in [0, 0.1) is 0 Å². The van der Waals surface area contributed by atoms with Crippen molar-refractivity contribution in [2.24, 2.45) is 0 Å². The number of hydrogen-bond donors (Lipinski definition) is 1. The zero-order chi connectivity index (χ0) is 13.1. The normalized spacial score (nSPS) is 12.6. The molecule has 1 aromatic carbocycles. The van der Waals surface area contributed by atoms with Crippen LogP contribution in [-0.2, 0) is 16.0 Å². The number of aryl methyl sites for hydroxylation is 1. The second-order valence-corrected chi connectivity index (χ2v) is 4.30. The largest absolute Gasteiger partial charge is 0.469 e. The van der Waals surface area contributed by atoms with E-state index in [1.54, 1.807) is 0 Å². The van der Waals surface area contributed by atoms with Gasteiger partial charge < -0.3 is 9.72 Å². The zero-order valence-electron chi connectivity index (χ0n) is 11.0. The number of esters is 1. The fraction of sp³-hybridized carbons (Fsp3) is 0.429. The molecule has 4 nitrogen and oxygen atoms in total. The highest BCUT2D eigenvalue weighted by atomic mass is 16.5. The number of imidazole rings is 1. The van der Waals surface area contributed by atoms with E-state index in [-0.39, 0.29) is 11.9 Å². The van der Waals surface area contributed by atoms with Gasteiger partial charge in [-0.05, 0) is 24.1 Å². The summed E-state index contributed by atoms with van der Waals surface area (Å²) in [6, 6.07) is 5.90. The van der Waals surface area contributed by atoms with Crippen LogP contribution in [0.5, 0.6) is 0 Å². The van der Waals surface area contributed by atoms with E-state index in [2.05, 4.69) is 16.9 Å². The van der Waals surface area contributed by atoms with Crippen molar-refractivity contribution >= 4 is 17.0 Å². The number of ether oxygens (including phenoxy) is 1. The molecule has 0 bridgehead atoms. The van der Waals surface area contributed by atoms with E-state index >= 15 is 0 Å². The van der Waals surface area contributed by atoms with Crippen molar-refractivity contribution in [3.8, 4) is 0 Å².